The predicted octanol–water partition coefficient (Wildman–Crippen LogP) is 2.71. The van der Waals surface area contributed by atoms with Crippen LogP contribution in [0.25, 0.3) is 0 Å². The molecule has 108 valence electrons. The van der Waals surface area contributed by atoms with E-state index in [2.05, 4.69) is 6.58 Å². The molecule has 1 saturated carbocycles. The number of piperidine rings is 1. The Morgan fingerprint density at radius 1 is 1.32 bits per heavy atom. The fourth-order valence-electron chi connectivity index (χ4n) is 3.23. The number of carbonyl (C=O) groups excluding carboxylic acids is 1. The van der Waals surface area contributed by atoms with Gasteiger partial charge in [-0.1, -0.05) is 6.08 Å². The zero-order chi connectivity index (χ0) is 14.3. The zero-order valence-electron chi connectivity index (χ0n) is 12.2. The first-order valence-electron chi connectivity index (χ1n) is 7.01. The number of carbonyl (C=O) groups is 1. The maximum atomic E-state index is 12.0. The molecular formula is C15H25NO3. The Kier molecular flexibility index (Phi) is 3.42. The van der Waals surface area contributed by atoms with Gasteiger partial charge in [0.2, 0.25) is 0 Å². The van der Waals surface area contributed by atoms with Gasteiger partial charge in [-0.2, -0.15) is 0 Å². The van der Waals surface area contributed by atoms with Gasteiger partial charge in [0.15, 0.2) is 0 Å². The van der Waals surface area contributed by atoms with Gasteiger partial charge in [0.25, 0.3) is 0 Å². The molecule has 2 fully saturated rings. The monoisotopic (exact) mass is 267 g/mol. The van der Waals surface area contributed by atoms with Crippen LogP contribution in [0.5, 0.6) is 0 Å². The molecule has 1 amide bonds. The molecule has 0 bridgehead atoms. The highest BCUT2D eigenvalue weighted by Crippen LogP contribution is 2.55. The number of rotatable bonds is 1. The summed E-state index contributed by atoms with van der Waals surface area (Å²) < 4.78 is 5.38. The van der Waals surface area contributed by atoms with Crippen LogP contribution >= 0.6 is 0 Å². The normalized spacial score (nSPS) is 24.7. The minimum absolute atomic E-state index is 0.210. The molecule has 2 aliphatic rings. The summed E-state index contributed by atoms with van der Waals surface area (Å²) in [6, 6.07) is 0. The number of hydrogen-bond donors (Lipinski definition) is 1. The van der Waals surface area contributed by atoms with Crippen LogP contribution < -0.4 is 0 Å². The molecule has 0 radical (unpaired) electrons. The third kappa shape index (κ3) is 3.11. The second-order valence-corrected chi connectivity index (χ2v) is 7.13. The van der Waals surface area contributed by atoms with Gasteiger partial charge >= 0.3 is 6.09 Å². The van der Waals surface area contributed by atoms with Gasteiger partial charge in [-0.3, -0.25) is 0 Å². The second kappa shape index (κ2) is 4.51. The quantitative estimate of drug-likeness (QED) is 0.743. The molecule has 1 heterocycles. The fraction of sp³-hybridized carbons (Fsp3) is 0.800. The summed E-state index contributed by atoms with van der Waals surface area (Å²) >= 11 is 0. The van der Waals surface area contributed by atoms with Crippen LogP contribution in [-0.2, 0) is 4.74 Å². The molecular weight excluding hydrogens is 242 g/mol. The average Bonchev–Trinajstić information content (AvgIpc) is 2.25. The summed E-state index contributed by atoms with van der Waals surface area (Å²) in [6.45, 7) is 10.8. The van der Waals surface area contributed by atoms with Crippen molar-refractivity contribution in [1.29, 1.82) is 0 Å². The summed E-state index contributed by atoms with van der Waals surface area (Å²) in [5, 5.41) is 10.0. The number of amides is 1. The lowest BCUT2D eigenvalue weighted by Gasteiger charge is -2.55. The van der Waals surface area contributed by atoms with Crippen molar-refractivity contribution in [2.24, 2.45) is 5.41 Å². The Hall–Kier alpha value is -1.03. The van der Waals surface area contributed by atoms with E-state index in [1.54, 1.807) is 11.0 Å². The standard InChI is InChI=1S/C15H25NO3/c1-5-15(18)10-14(11-15)6-8-16(9-7-14)12(17)19-13(2,3)4/h5,18H,1,6-11H2,2-4H3. The summed E-state index contributed by atoms with van der Waals surface area (Å²) in [5.74, 6) is 0. The molecule has 0 aromatic rings. The fourth-order valence-corrected chi connectivity index (χ4v) is 3.23. The van der Waals surface area contributed by atoms with E-state index in [-0.39, 0.29) is 11.5 Å². The van der Waals surface area contributed by atoms with E-state index in [0.29, 0.717) is 0 Å². The first-order valence-corrected chi connectivity index (χ1v) is 7.01. The van der Waals surface area contributed by atoms with Crippen molar-refractivity contribution in [2.75, 3.05) is 13.1 Å². The Bertz CT molecular complexity index is 367. The molecule has 0 unspecified atom stereocenters. The van der Waals surface area contributed by atoms with Gasteiger partial charge in [0, 0.05) is 13.1 Å². The lowest BCUT2D eigenvalue weighted by Crippen LogP contribution is -2.56. The van der Waals surface area contributed by atoms with Crippen molar-refractivity contribution in [3.05, 3.63) is 12.7 Å². The second-order valence-electron chi connectivity index (χ2n) is 7.13. The highest BCUT2D eigenvalue weighted by Gasteiger charge is 2.53. The highest BCUT2D eigenvalue weighted by molar-refractivity contribution is 5.68. The molecule has 19 heavy (non-hydrogen) atoms. The number of likely N-dealkylation sites (tertiary alicyclic amines) is 1. The molecule has 1 N–H and O–H groups in total. The van der Waals surface area contributed by atoms with Gasteiger partial charge in [0.1, 0.15) is 5.60 Å². The molecule has 0 aromatic heterocycles. The number of nitrogens with zero attached hydrogens (tertiary/aromatic N) is 1. The molecule has 1 aliphatic carbocycles. The van der Waals surface area contributed by atoms with Crippen LogP contribution in [0.4, 0.5) is 4.79 Å². The average molecular weight is 267 g/mol. The smallest absolute Gasteiger partial charge is 0.410 e. The van der Waals surface area contributed by atoms with E-state index in [1.807, 2.05) is 20.8 Å². The van der Waals surface area contributed by atoms with Crippen LogP contribution in [0.1, 0.15) is 46.5 Å². The summed E-state index contributed by atoms with van der Waals surface area (Å²) in [7, 11) is 0. The Labute approximate surface area is 115 Å². The lowest BCUT2D eigenvalue weighted by atomic mass is 9.55. The topological polar surface area (TPSA) is 49.8 Å². The van der Waals surface area contributed by atoms with Crippen molar-refractivity contribution in [3.8, 4) is 0 Å². The van der Waals surface area contributed by atoms with E-state index < -0.39 is 11.2 Å². The maximum Gasteiger partial charge on any atom is 0.410 e. The minimum atomic E-state index is -0.673. The van der Waals surface area contributed by atoms with Gasteiger partial charge in [-0.05, 0) is 51.9 Å². The first kappa shape index (κ1) is 14.4. The third-order valence-electron chi connectivity index (χ3n) is 4.22. The predicted molar refractivity (Wildman–Crippen MR) is 73.9 cm³/mol. The molecule has 4 nitrogen and oxygen atoms in total. The van der Waals surface area contributed by atoms with Crippen molar-refractivity contribution < 1.29 is 14.6 Å². The van der Waals surface area contributed by atoms with Crippen LogP contribution in [0.2, 0.25) is 0 Å². The van der Waals surface area contributed by atoms with Gasteiger partial charge in [-0.25, -0.2) is 4.79 Å². The van der Waals surface area contributed by atoms with E-state index in [9.17, 15) is 9.90 Å². The molecule has 0 aromatic carbocycles. The maximum absolute atomic E-state index is 12.0. The minimum Gasteiger partial charge on any atom is -0.444 e. The lowest BCUT2D eigenvalue weighted by molar-refractivity contribution is -0.117. The molecule has 0 atom stereocenters. The molecule has 1 spiro atoms. The van der Waals surface area contributed by atoms with Crippen LogP contribution in [-0.4, -0.2) is 40.4 Å². The zero-order valence-corrected chi connectivity index (χ0v) is 12.2. The van der Waals surface area contributed by atoms with Gasteiger partial charge in [0.05, 0.1) is 5.60 Å². The van der Waals surface area contributed by atoms with E-state index in [4.69, 9.17) is 4.74 Å². The third-order valence-corrected chi connectivity index (χ3v) is 4.22. The van der Waals surface area contributed by atoms with Crippen molar-refractivity contribution in [3.63, 3.8) is 0 Å². The van der Waals surface area contributed by atoms with Gasteiger partial charge in [-0.15, -0.1) is 6.58 Å². The Balaban J connectivity index is 1.84. The molecule has 4 heteroatoms. The van der Waals surface area contributed by atoms with E-state index in [1.165, 1.54) is 0 Å². The van der Waals surface area contributed by atoms with Crippen LogP contribution in [0, 0.1) is 5.41 Å². The van der Waals surface area contributed by atoms with Crippen LogP contribution in [0.15, 0.2) is 12.7 Å². The van der Waals surface area contributed by atoms with Crippen molar-refractivity contribution in [2.45, 2.75) is 57.7 Å². The number of hydrogen-bond acceptors (Lipinski definition) is 3. The number of ether oxygens (including phenoxy) is 1. The largest absolute Gasteiger partial charge is 0.444 e. The summed E-state index contributed by atoms with van der Waals surface area (Å²) in [6.07, 6.45) is 4.89. The Morgan fingerprint density at radius 2 is 1.84 bits per heavy atom. The molecule has 2 rings (SSSR count). The van der Waals surface area contributed by atoms with Crippen molar-refractivity contribution in [1.82, 2.24) is 4.90 Å². The van der Waals surface area contributed by atoms with Crippen LogP contribution in [0.3, 0.4) is 0 Å². The van der Waals surface area contributed by atoms with Gasteiger partial charge < -0.3 is 14.7 Å². The highest BCUT2D eigenvalue weighted by atomic mass is 16.6. The SMILES string of the molecule is C=CC1(O)CC2(CCN(C(=O)OC(C)(C)C)CC2)C1. The number of aliphatic hydroxyl groups is 1. The van der Waals surface area contributed by atoms with E-state index in [0.717, 1.165) is 38.8 Å². The Morgan fingerprint density at radius 3 is 2.26 bits per heavy atom. The van der Waals surface area contributed by atoms with E-state index >= 15 is 0 Å². The first-order chi connectivity index (χ1) is 8.67. The summed E-state index contributed by atoms with van der Waals surface area (Å²) in [5.41, 5.74) is -0.901. The molecule has 1 saturated heterocycles. The van der Waals surface area contributed by atoms with Crippen molar-refractivity contribution >= 4 is 6.09 Å². The molecule has 1 aliphatic heterocycles. The summed E-state index contributed by atoms with van der Waals surface area (Å²) in [4.78, 5) is 13.7.